The van der Waals surface area contributed by atoms with Gasteiger partial charge in [-0.3, -0.25) is 9.59 Å². The van der Waals surface area contributed by atoms with E-state index in [1.54, 1.807) is 44.3 Å². The molecule has 0 bridgehead atoms. The van der Waals surface area contributed by atoms with Crippen molar-refractivity contribution in [1.29, 1.82) is 0 Å². The van der Waals surface area contributed by atoms with Crippen molar-refractivity contribution in [3.63, 3.8) is 0 Å². The lowest BCUT2D eigenvalue weighted by molar-refractivity contribution is -0.132. The number of amides is 2. The number of carbonyl (C=O) groups excluding carboxylic acids is 2. The molecule has 2 rings (SSSR count). The fraction of sp³-hybridized carbons (Fsp3) is 0.556. The summed E-state index contributed by atoms with van der Waals surface area (Å²) in [4.78, 5) is 28.3. The van der Waals surface area contributed by atoms with E-state index in [1.165, 1.54) is 4.90 Å². The Labute approximate surface area is 143 Å². The van der Waals surface area contributed by atoms with E-state index in [4.69, 9.17) is 9.47 Å². The Bertz CT molecular complexity index is 613. The quantitative estimate of drug-likeness (QED) is 0.828. The molecule has 1 unspecified atom stereocenters. The summed E-state index contributed by atoms with van der Waals surface area (Å²) in [7, 11) is 4.97. The molecule has 1 aromatic carbocycles. The second-order valence-electron chi connectivity index (χ2n) is 6.42. The van der Waals surface area contributed by atoms with E-state index >= 15 is 0 Å². The number of nitrogens with zero attached hydrogens (tertiary/aromatic N) is 2. The summed E-state index contributed by atoms with van der Waals surface area (Å²) < 4.78 is 11.0. The first kappa shape index (κ1) is 18.1. The van der Waals surface area contributed by atoms with Crippen molar-refractivity contribution in [2.75, 3.05) is 27.7 Å². The predicted molar refractivity (Wildman–Crippen MR) is 91.5 cm³/mol. The zero-order chi connectivity index (χ0) is 17.9. The van der Waals surface area contributed by atoms with Crippen LogP contribution in [-0.2, 0) is 4.79 Å². The molecule has 6 nitrogen and oxygen atoms in total. The van der Waals surface area contributed by atoms with Crippen LogP contribution >= 0.6 is 0 Å². The third-order valence-electron chi connectivity index (χ3n) is 4.01. The Kier molecular flexibility index (Phi) is 5.70. The number of rotatable bonds is 5. The van der Waals surface area contributed by atoms with Crippen LogP contribution < -0.4 is 9.47 Å². The van der Waals surface area contributed by atoms with E-state index in [9.17, 15) is 9.59 Å². The van der Waals surface area contributed by atoms with Crippen molar-refractivity contribution in [3.8, 4) is 11.5 Å². The van der Waals surface area contributed by atoms with Crippen LogP contribution in [0, 0.1) is 0 Å². The third-order valence-corrected chi connectivity index (χ3v) is 4.01. The molecule has 0 saturated carbocycles. The van der Waals surface area contributed by atoms with Gasteiger partial charge in [0, 0.05) is 26.2 Å². The lowest BCUT2D eigenvalue weighted by atomic mass is 10.1. The molecular formula is C18H26N2O4. The molecule has 1 saturated heterocycles. The van der Waals surface area contributed by atoms with Crippen molar-refractivity contribution in [3.05, 3.63) is 23.8 Å². The fourth-order valence-corrected chi connectivity index (χ4v) is 2.88. The van der Waals surface area contributed by atoms with Gasteiger partial charge in [-0.25, -0.2) is 0 Å². The maximum Gasteiger partial charge on any atom is 0.254 e. The number of methoxy groups -OCH3 is 1. The summed E-state index contributed by atoms with van der Waals surface area (Å²) in [5.74, 6) is 0.935. The zero-order valence-electron chi connectivity index (χ0n) is 15.0. The number of benzene rings is 1. The molecule has 0 radical (unpaired) electrons. The second kappa shape index (κ2) is 7.55. The zero-order valence-corrected chi connectivity index (χ0v) is 15.0. The van der Waals surface area contributed by atoms with E-state index in [2.05, 4.69) is 0 Å². The molecule has 1 fully saturated rings. The van der Waals surface area contributed by atoms with Crippen LogP contribution in [0.2, 0.25) is 0 Å². The molecule has 1 aromatic rings. The van der Waals surface area contributed by atoms with Crippen LogP contribution in [0.5, 0.6) is 11.5 Å². The van der Waals surface area contributed by atoms with E-state index in [1.807, 2.05) is 13.8 Å². The van der Waals surface area contributed by atoms with Gasteiger partial charge in [-0.05, 0) is 44.9 Å². The predicted octanol–water partition coefficient (Wildman–Crippen LogP) is 2.18. The number of likely N-dealkylation sites (N-methyl/N-ethyl adjacent to an activating group) is 1. The molecule has 0 aliphatic carbocycles. The lowest BCUT2D eigenvalue weighted by Gasteiger charge is -2.26. The summed E-state index contributed by atoms with van der Waals surface area (Å²) in [6.45, 7) is 4.45. The van der Waals surface area contributed by atoms with Crippen LogP contribution in [0.4, 0.5) is 0 Å². The first-order chi connectivity index (χ1) is 11.3. The van der Waals surface area contributed by atoms with E-state index in [0.717, 1.165) is 6.42 Å². The van der Waals surface area contributed by atoms with Gasteiger partial charge in [0.1, 0.15) is 6.04 Å². The van der Waals surface area contributed by atoms with Crippen LogP contribution in [0.3, 0.4) is 0 Å². The maximum atomic E-state index is 12.8. The smallest absolute Gasteiger partial charge is 0.254 e. The highest BCUT2D eigenvalue weighted by Gasteiger charge is 2.35. The highest BCUT2D eigenvalue weighted by Crippen LogP contribution is 2.30. The molecule has 0 aromatic heterocycles. The van der Waals surface area contributed by atoms with Crippen molar-refractivity contribution < 1.29 is 19.1 Å². The van der Waals surface area contributed by atoms with Gasteiger partial charge in [0.25, 0.3) is 5.91 Å². The van der Waals surface area contributed by atoms with Crippen molar-refractivity contribution >= 4 is 11.8 Å². The minimum atomic E-state index is -0.384. The van der Waals surface area contributed by atoms with E-state index in [-0.39, 0.29) is 24.0 Å². The molecule has 1 heterocycles. The highest BCUT2D eigenvalue weighted by atomic mass is 16.5. The van der Waals surface area contributed by atoms with Crippen LogP contribution in [0.15, 0.2) is 18.2 Å². The van der Waals surface area contributed by atoms with Crippen molar-refractivity contribution in [2.45, 2.75) is 38.8 Å². The van der Waals surface area contributed by atoms with Gasteiger partial charge in [0.15, 0.2) is 11.5 Å². The van der Waals surface area contributed by atoms with Gasteiger partial charge in [-0.1, -0.05) is 0 Å². The number of ether oxygens (including phenoxy) is 2. The Morgan fingerprint density at radius 1 is 1.25 bits per heavy atom. The minimum Gasteiger partial charge on any atom is -0.493 e. The number of likely N-dealkylation sites (tertiary alicyclic amines) is 1. The normalized spacial score (nSPS) is 17.1. The SMILES string of the molecule is COc1cc(C(=O)N2CCCC2C(=O)N(C)C)ccc1OC(C)C. The molecule has 1 aliphatic heterocycles. The second-order valence-corrected chi connectivity index (χ2v) is 6.42. The average Bonchev–Trinajstić information content (AvgIpc) is 3.02. The van der Waals surface area contributed by atoms with Crippen LogP contribution in [-0.4, -0.2) is 61.5 Å². The number of hydrogen-bond donors (Lipinski definition) is 0. The molecule has 0 spiro atoms. The Morgan fingerprint density at radius 2 is 1.96 bits per heavy atom. The van der Waals surface area contributed by atoms with Crippen molar-refractivity contribution in [2.24, 2.45) is 0 Å². The average molecular weight is 334 g/mol. The largest absolute Gasteiger partial charge is 0.493 e. The van der Waals surface area contributed by atoms with E-state index in [0.29, 0.717) is 30.0 Å². The maximum absolute atomic E-state index is 12.8. The van der Waals surface area contributed by atoms with Crippen LogP contribution in [0.25, 0.3) is 0 Å². The summed E-state index contributed by atoms with van der Waals surface area (Å²) in [6, 6.07) is 4.75. The van der Waals surface area contributed by atoms with Gasteiger partial charge in [0.05, 0.1) is 13.2 Å². The molecule has 6 heteroatoms. The van der Waals surface area contributed by atoms with Gasteiger partial charge >= 0.3 is 0 Å². The Hall–Kier alpha value is -2.24. The van der Waals surface area contributed by atoms with Gasteiger partial charge in [-0.2, -0.15) is 0 Å². The lowest BCUT2D eigenvalue weighted by Crippen LogP contribution is -2.45. The first-order valence-corrected chi connectivity index (χ1v) is 8.22. The van der Waals surface area contributed by atoms with E-state index < -0.39 is 0 Å². The molecule has 1 atom stereocenters. The number of carbonyl (C=O) groups is 2. The number of hydrogen-bond acceptors (Lipinski definition) is 4. The summed E-state index contributed by atoms with van der Waals surface area (Å²) in [6.07, 6.45) is 1.55. The topological polar surface area (TPSA) is 59.1 Å². The standard InChI is InChI=1S/C18H26N2O4/c1-12(2)24-15-9-8-13(11-16(15)23-5)17(21)20-10-6-7-14(20)18(22)19(3)4/h8-9,11-12,14H,6-7,10H2,1-5H3. The molecule has 0 N–H and O–H groups in total. The molecule has 1 aliphatic rings. The minimum absolute atomic E-state index is 0.0149. The van der Waals surface area contributed by atoms with Crippen molar-refractivity contribution in [1.82, 2.24) is 9.80 Å². The van der Waals surface area contributed by atoms with Gasteiger partial charge in [-0.15, -0.1) is 0 Å². The summed E-state index contributed by atoms with van der Waals surface area (Å²) >= 11 is 0. The summed E-state index contributed by atoms with van der Waals surface area (Å²) in [5.41, 5.74) is 0.501. The molecule has 132 valence electrons. The molecule has 2 amide bonds. The first-order valence-electron chi connectivity index (χ1n) is 8.22. The Morgan fingerprint density at radius 3 is 2.54 bits per heavy atom. The summed E-state index contributed by atoms with van der Waals surface area (Å²) in [5, 5.41) is 0. The molecular weight excluding hydrogens is 308 g/mol. The molecule has 24 heavy (non-hydrogen) atoms. The third kappa shape index (κ3) is 3.80. The monoisotopic (exact) mass is 334 g/mol. The van der Waals surface area contributed by atoms with Gasteiger partial charge < -0.3 is 19.3 Å². The highest BCUT2D eigenvalue weighted by molar-refractivity contribution is 5.98. The fourth-order valence-electron chi connectivity index (χ4n) is 2.88. The van der Waals surface area contributed by atoms with Crippen LogP contribution in [0.1, 0.15) is 37.0 Å². The van der Waals surface area contributed by atoms with Gasteiger partial charge in [0.2, 0.25) is 5.91 Å². The Balaban J connectivity index is 2.24.